The van der Waals surface area contributed by atoms with Crippen molar-refractivity contribution in [3.05, 3.63) is 46.9 Å². The summed E-state index contributed by atoms with van der Waals surface area (Å²) < 4.78 is 1.87. The fourth-order valence-corrected chi connectivity index (χ4v) is 1.53. The molecule has 0 saturated heterocycles. The zero-order chi connectivity index (χ0) is 13.0. The molecule has 0 aromatic carbocycles. The van der Waals surface area contributed by atoms with E-state index in [9.17, 15) is 9.59 Å². The number of aromatic amines is 1. The van der Waals surface area contributed by atoms with Crippen molar-refractivity contribution in [2.75, 3.05) is 0 Å². The predicted octanol–water partition coefficient (Wildman–Crippen LogP) is -0.215. The molecule has 0 aliphatic heterocycles. The van der Waals surface area contributed by atoms with Crippen LogP contribution in [-0.2, 0) is 6.54 Å². The van der Waals surface area contributed by atoms with Gasteiger partial charge in [-0.05, 0) is 13.0 Å². The van der Waals surface area contributed by atoms with Crippen molar-refractivity contribution in [1.29, 1.82) is 0 Å². The van der Waals surface area contributed by atoms with Crippen molar-refractivity contribution in [3.63, 3.8) is 0 Å². The minimum atomic E-state index is -0.335. The van der Waals surface area contributed by atoms with E-state index in [0.29, 0.717) is 6.54 Å². The first kappa shape index (κ1) is 12.0. The number of amides is 1. The maximum Gasteiger partial charge on any atom is 0.271 e. The average molecular weight is 247 g/mol. The van der Waals surface area contributed by atoms with Gasteiger partial charge in [0.25, 0.3) is 11.5 Å². The molecule has 2 N–H and O–H groups in total. The average Bonchev–Trinajstić information content (AvgIpc) is 2.82. The highest BCUT2D eigenvalue weighted by Gasteiger charge is 2.11. The molecule has 94 valence electrons. The number of carbonyl (C=O) groups excluding carboxylic acids is 1. The summed E-state index contributed by atoms with van der Waals surface area (Å²) in [5, 5.41) is 8.66. The summed E-state index contributed by atoms with van der Waals surface area (Å²) in [5.41, 5.74) is -0.148. The van der Waals surface area contributed by atoms with Gasteiger partial charge in [0.05, 0.1) is 6.33 Å². The van der Waals surface area contributed by atoms with E-state index in [4.69, 9.17) is 0 Å². The number of nitrogens with zero attached hydrogens (tertiary/aromatic N) is 3. The van der Waals surface area contributed by atoms with Crippen molar-refractivity contribution in [2.45, 2.75) is 19.5 Å². The lowest BCUT2D eigenvalue weighted by Gasteiger charge is -2.13. The Bertz CT molecular complexity index is 555. The number of aromatic nitrogens is 4. The number of carbonyl (C=O) groups is 1. The van der Waals surface area contributed by atoms with Crippen LogP contribution in [0.4, 0.5) is 0 Å². The topological polar surface area (TPSA) is 92.7 Å². The zero-order valence-electron chi connectivity index (χ0n) is 9.83. The van der Waals surface area contributed by atoms with Gasteiger partial charge in [-0.1, -0.05) is 0 Å². The van der Waals surface area contributed by atoms with E-state index in [2.05, 4.69) is 20.5 Å². The van der Waals surface area contributed by atoms with Gasteiger partial charge in [-0.3, -0.25) is 9.59 Å². The van der Waals surface area contributed by atoms with Gasteiger partial charge in [-0.15, -0.1) is 0 Å². The van der Waals surface area contributed by atoms with E-state index >= 15 is 0 Å². The fraction of sp³-hybridized carbons (Fsp3) is 0.273. The fourth-order valence-electron chi connectivity index (χ4n) is 1.53. The quantitative estimate of drug-likeness (QED) is 0.781. The summed E-state index contributed by atoms with van der Waals surface area (Å²) >= 11 is 0. The zero-order valence-corrected chi connectivity index (χ0v) is 9.83. The third-order valence-electron chi connectivity index (χ3n) is 2.33. The van der Waals surface area contributed by atoms with Gasteiger partial charge in [-0.25, -0.2) is 10.1 Å². The summed E-state index contributed by atoms with van der Waals surface area (Å²) in [6.45, 7) is 2.50. The van der Waals surface area contributed by atoms with Crippen LogP contribution in [0.1, 0.15) is 17.4 Å². The maximum atomic E-state index is 11.8. The van der Waals surface area contributed by atoms with Crippen LogP contribution in [0.2, 0.25) is 0 Å². The van der Waals surface area contributed by atoms with Crippen LogP contribution in [0.3, 0.4) is 0 Å². The molecule has 0 radical (unpaired) electrons. The first-order chi connectivity index (χ1) is 8.65. The van der Waals surface area contributed by atoms with Gasteiger partial charge in [0.2, 0.25) is 0 Å². The molecule has 0 fully saturated rings. The molecule has 18 heavy (non-hydrogen) atoms. The number of rotatable bonds is 4. The SMILES string of the molecule is C[C@@H](Cn1ccnc1)NC(=O)c1ccc(=O)[nH]n1. The first-order valence-electron chi connectivity index (χ1n) is 5.47. The normalized spacial score (nSPS) is 12.1. The standard InChI is InChI=1S/C11H13N5O2/c1-8(6-16-5-4-12-7-16)13-11(18)9-2-3-10(17)15-14-9/h2-5,7-8H,6H2,1H3,(H,13,18)(H,15,17)/t8-/m0/s1. The minimum absolute atomic E-state index is 0.0690. The molecular formula is C11H13N5O2. The third-order valence-corrected chi connectivity index (χ3v) is 2.33. The summed E-state index contributed by atoms with van der Waals surface area (Å²) in [4.78, 5) is 26.5. The molecule has 0 saturated carbocycles. The molecule has 0 aliphatic carbocycles. The molecule has 0 aliphatic rings. The smallest absolute Gasteiger partial charge is 0.271 e. The van der Waals surface area contributed by atoms with E-state index in [-0.39, 0.29) is 23.2 Å². The number of imidazole rings is 1. The second-order valence-corrected chi connectivity index (χ2v) is 3.94. The Kier molecular flexibility index (Phi) is 3.52. The number of nitrogens with one attached hydrogen (secondary N) is 2. The molecule has 0 spiro atoms. The van der Waals surface area contributed by atoms with E-state index in [1.54, 1.807) is 12.5 Å². The molecule has 2 aromatic rings. The van der Waals surface area contributed by atoms with Crippen molar-refractivity contribution in [3.8, 4) is 0 Å². The lowest BCUT2D eigenvalue weighted by molar-refractivity contribution is 0.0930. The minimum Gasteiger partial charge on any atom is -0.346 e. The van der Waals surface area contributed by atoms with Crippen LogP contribution < -0.4 is 10.9 Å². The third kappa shape index (κ3) is 3.03. The van der Waals surface area contributed by atoms with Crippen molar-refractivity contribution < 1.29 is 4.79 Å². The van der Waals surface area contributed by atoms with Gasteiger partial charge >= 0.3 is 0 Å². The van der Waals surface area contributed by atoms with Crippen molar-refractivity contribution in [2.24, 2.45) is 0 Å². The van der Waals surface area contributed by atoms with Crippen molar-refractivity contribution >= 4 is 5.91 Å². The van der Waals surface area contributed by atoms with E-state index in [1.165, 1.54) is 12.1 Å². The van der Waals surface area contributed by atoms with Crippen LogP contribution in [-0.4, -0.2) is 31.7 Å². The Morgan fingerprint density at radius 1 is 1.56 bits per heavy atom. The second-order valence-electron chi connectivity index (χ2n) is 3.94. The van der Waals surface area contributed by atoms with E-state index in [0.717, 1.165) is 0 Å². The number of H-pyrrole nitrogens is 1. The van der Waals surface area contributed by atoms with Crippen molar-refractivity contribution in [1.82, 2.24) is 25.1 Å². The van der Waals surface area contributed by atoms with Crippen LogP contribution in [0.15, 0.2) is 35.6 Å². The lowest BCUT2D eigenvalue weighted by atomic mass is 10.3. The molecule has 0 unspecified atom stereocenters. The highest BCUT2D eigenvalue weighted by atomic mass is 16.2. The second kappa shape index (κ2) is 5.26. The van der Waals surface area contributed by atoms with Gasteiger partial charge in [0.15, 0.2) is 0 Å². The Morgan fingerprint density at radius 2 is 2.39 bits per heavy atom. The Hall–Kier alpha value is -2.44. The van der Waals surface area contributed by atoms with E-state index < -0.39 is 0 Å². The molecule has 1 amide bonds. The Balaban J connectivity index is 1.94. The monoisotopic (exact) mass is 247 g/mol. The Morgan fingerprint density at radius 3 is 3.00 bits per heavy atom. The van der Waals surface area contributed by atoms with Gasteiger partial charge in [0, 0.05) is 31.0 Å². The number of hydrogen-bond donors (Lipinski definition) is 2. The van der Waals surface area contributed by atoms with Gasteiger partial charge in [0.1, 0.15) is 5.69 Å². The number of hydrogen-bond acceptors (Lipinski definition) is 4. The summed E-state index contributed by atoms with van der Waals surface area (Å²) in [6, 6.07) is 2.58. The van der Waals surface area contributed by atoms with Crippen LogP contribution in [0.5, 0.6) is 0 Å². The van der Waals surface area contributed by atoms with E-state index in [1.807, 2.05) is 17.7 Å². The highest BCUT2D eigenvalue weighted by molar-refractivity contribution is 5.92. The van der Waals surface area contributed by atoms with Crippen LogP contribution in [0.25, 0.3) is 0 Å². The molecule has 7 nitrogen and oxygen atoms in total. The molecule has 2 heterocycles. The summed E-state index contributed by atoms with van der Waals surface area (Å²) in [6.07, 6.45) is 5.18. The van der Waals surface area contributed by atoms with Gasteiger partial charge < -0.3 is 9.88 Å². The molecule has 0 bridgehead atoms. The van der Waals surface area contributed by atoms with Crippen LogP contribution >= 0.6 is 0 Å². The molecule has 7 heteroatoms. The van der Waals surface area contributed by atoms with Gasteiger partial charge in [-0.2, -0.15) is 5.10 Å². The molecule has 2 rings (SSSR count). The largest absolute Gasteiger partial charge is 0.346 e. The first-order valence-corrected chi connectivity index (χ1v) is 5.47. The maximum absolute atomic E-state index is 11.8. The summed E-state index contributed by atoms with van der Waals surface area (Å²) in [7, 11) is 0. The molecule has 2 aromatic heterocycles. The summed E-state index contributed by atoms with van der Waals surface area (Å²) in [5.74, 6) is -0.320. The highest BCUT2D eigenvalue weighted by Crippen LogP contribution is 1.95. The Labute approximate surface area is 103 Å². The molecule has 1 atom stereocenters. The van der Waals surface area contributed by atoms with Crippen LogP contribution in [0, 0.1) is 0 Å². The predicted molar refractivity (Wildman–Crippen MR) is 64.0 cm³/mol. The molecular weight excluding hydrogens is 234 g/mol. The lowest BCUT2D eigenvalue weighted by Crippen LogP contribution is -2.36.